The van der Waals surface area contributed by atoms with Gasteiger partial charge in [0.05, 0.1) is 5.57 Å². The Morgan fingerprint density at radius 1 is 1.13 bits per heavy atom. The van der Waals surface area contributed by atoms with Crippen LogP contribution in [0.15, 0.2) is 17.7 Å². The Morgan fingerprint density at radius 2 is 1.79 bits per heavy atom. The van der Waals surface area contributed by atoms with Gasteiger partial charge in [-0.3, -0.25) is 0 Å². The van der Waals surface area contributed by atoms with Crippen molar-refractivity contribution in [3.8, 4) is 11.5 Å². The van der Waals surface area contributed by atoms with E-state index in [1.54, 1.807) is 0 Å². The molecule has 1 aromatic rings. The van der Waals surface area contributed by atoms with Gasteiger partial charge in [0.25, 0.3) is 5.09 Å². The van der Waals surface area contributed by atoms with E-state index in [0.29, 0.717) is 6.08 Å². The first-order valence-electron chi connectivity index (χ1n) is 10.3. The molecule has 0 spiro atoms. The number of thioether (sulfide) groups is 1. The van der Waals surface area contributed by atoms with Gasteiger partial charge in [-0.15, -0.1) is 23.3 Å². The number of carbonyl (C=O) groups excluding carboxylic acids is 2. The Bertz CT molecular complexity index is 1060. The van der Waals surface area contributed by atoms with Crippen molar-refractivity contribution in [3.63, 3.8) is 0 Å². The first-order valence-corrected chi connectivity index (χ1v) is 11.5. The van der Waals surface area contributed by atoms with Crippen LogP contribution in [0, 0.1) is 17.0 Å². The average Bonchev–Trinajstić information content (AvgIpc) is 2.75. The summed E-state index contributed by atoms with van der Waals surface area (Å²) in [4.78, 5) is 38.2. The highest BCUT2D eigenvalue weighted by Crippen LogP contribution is 2.41. The van der Waals surface area contributed by atoms with E-state index in [0.717, 1.165) is 30.8 Å². The van der Waals surface area contributed by atoms with Crippen molar-refractivity contribution in [2.24, 2.45) is 0 Å². The zero-order chi connectivity index (χ0) is 28.7. The highest BCUT2D eigenvalue weighted by molar-refractivity contribution is 7.99. The molecule has 1 aliphatic rings. The van der Waals surface area contributed by atoms with E-state index < -0.39 is 59.2 Å². The van der Waals surface area contributed by atoms with E-state index in [9.17, 15) is 46.0 Å². The number of hydrogen-bond acceptors (Lipinski definition) is 11. The fourth-order valence-electron chi connectivity index (χ4n) is 2.93. The lowest BCUT2D eigenvalue weighted by Gasteiger charge is -2.29. The van der Waals surface area contributed by atoms with Gasteiger partial charge in [0, 0.05) is 24.0 Å². The van der Waals surface area contributed by atoms with E-state index in [1.165, 1.54) is 6.92 Å². The fraction of sp³-hybridized carbons (Fsp3) is 0.500. The largest absolute Gasteiger partial charge is 0.573 e. The molecule has 38 heavy (non-hydrogen) atoms. The van der Waals surface area contributed by atoms with Crippen molar-refractivity contribution in [1.29, 1.82) is 0 Å². The van der Waals surface area contributed by atoms with Crippen LogP contribution in [0.4, 0.5) is 31.1 Å². The molecular formula is C20H19F6NO10S. The Kier molecular flexibility index (Phi) is 10.3. The van der Waals surface area contributed by atoms with Crippen molar-refractivity contribution in [3.05, 3.63) is 38.9 Å². The molecule has 0 saturated carbocycles. The zero-order valence-electron chi connectivity index (χ0n) is 19.4. The van der Waals surface area contributed by atoms with Gasteiger partial charge in [0.1, 0.15) is 24.7 Å². The van der Waals surface area contributed by atoms with Crippen molar-refractivity contribution in [2.75, 3.05) is 24.7 Å². The first-order chi connectivity index (χ1) is 17.6. The molecule has 0 aromatic heterocycles. The predicted octanol–water partition coefficient (Wildman–Crippen LogP) is 4.58. The number of alkyl halides is 6. The third-order valence-corrected chi connectivity index (χ3v) is 5.19. The zero-order valence-corrected chi connectivity index (χ0v) is 20.2. The molecule has 0 bridgehead atoms. The SMILES string of the molecule is Cc1cc(OC(F)(F)F)cc2c1OC(C(F)(F)F)C(C(=O)OC(C)OC(=O)OCCSCCO[N+](=O)[O-])=C2. The molecule has 212 valence electrons. The number of nitrogens with zero attached hydrogens (tertiary/aromatic N) is 1. The lowest BCUT2D eigenvalue weighted by Crippen LogP contribution is -2.41. The maximum Gasteiger partial charge on any atom is 0.573 e. The molecule has 0 N–H and O–H groups in total. The summed E-state index contributed by atoms with van der Waals surface area (Å²) in [6.45, 7) is 1.79. The summed E-state index contributed by atoms with van der Waals surface area (Å²) in [7, 11) is 0. The lowest BCUT2D eigenvalue weighted by atomic mass is 9.99. The van der Waals surface area contributed by atoms with Gasteiger partial charge in [-0.1, -0.05) is 0 Å². The van der Waals surface area contributed by atoms with E-state index in [2.05, 4.69) is 19.0 Å². The minimum Gasteiger partial charge on any atom is -0.475 e. The van der Waals surface area contributed by atoms with Gasteiger partial charge in [-0.25, -0.2) is 9.59 Å². The molecule has 0 amide bonds. The number of esters is 1. The number of rotatable bonds is 11. The van der Waals surface area contributed by atoms with Gasteiger partial charge in [-0.05, 0) is 30.7 Å². The molecule has 0 saturated heterocycles. The van der Waals surface area contributed by atoms with E-state index >= 15 is 0 Å². The summed E-state index contributed by atoms with van der Waals surface area (Å²) in [5.74, 6) is -2.39. The number of benzene rings is 1. The molecule has 0 aliphatic carbocycles. The third-order valence-electron chi connectivity index (χ3n) is 4.28. The van der Waals surface area contributed by atoms with Crippen LogP contribution in [0.3, 0.4) is 0 Å². The lowest BCUT2D eigenvalue weighted by molar-refractivity contribution is -0.756. The van der Waals surface area contributed by atoms with E-state index in [4.69, 9.17) is 9.47 Å². The maximum atomic E-state index is 13.6. The Balaban J connectivity index is 2.04. The number of hydrogen-bond donors (Lipinski definition) is 0. The number of carbonyl (C=O) groups is 2. The molecule has 1 aromatic carbocycles. The summed E-state index contributed by atoms with van der Waals surface area (Å²) in [5, 5.41) is 9.03. The van der Waals surface area contributed by atoms with Crippen molar-refractivity contribution >= 4 is 30.0 Å². The topological polar surface area (TPSA) is 133 Å². The molecule has 18 heteroatoms. The minimum absolute atomic E-state index is 0.123. The molecule has 0 radical (unpaired) electrons. The highest BCUT2D eigenvalue weighted by atomic mass is 32.2. The van der Waals surface area contributed by atoms with Crippen LogP contribution in [0.2, 0.25) is 0 Å². The van der Waals surface area contributed by atoms with E-state index in [1.807, 2.05) is 0 Å². The smallest absolute Gasteiger partial charge is 0.475 e. The van der Waals surface area contributed by atoms with Gasteiger partial charge >= 0.3 is 24.7 Å². The Labute approximate surface area is 214 Å². The van der Waals surface area contributed by atoms with Gasteiger partial charge < -0.3 is 28.5 Å². The Hall–Kier alpha value is -3.57. The van der Waals surface area contributed by atoms with Crippen LogP contribution in [-0.2, 0) is 23.8 Å². The quantitative estimate of drug-likeness (QED) is 0.0911. The predicted molar refractivity (Wildman–Crippen MR) is 115 cm³/mol. The van der Waals surface area contributed by atoms with Crippen LogP contribution >= 0.6 is 11.8 Å². The third kappa shape index (κ3) is 9.71. The molecule has 1 aliphatic heterocycles. The number of aryl methyl sites for hydroxylation is 1. The molecular weight excluding hydrogens is 560 g/mol. The monoisotopic (exact) mass is 579 g/mol. The second-order valence-corrected chi connectivity index (χ2v) is 8.43. The molecule has 11 nitrogen and oxygen atoms in total. The molecule has 2 unspecified atom stereocenters. The standard InChI is InChI=1S/C20H19F6NO10S/c1-10-7-13(37-20(24,25)26)8-12-9-14(16(19(21,22)23)36-15(10)12)17(28)34-11(2)35-18(29)32-3-5-38-6-4-33-27(30)31/h7-9,11,16H,3-6H2,1-2H3. The van der Waals surface area contributed by atoms with Crippen LogP contribution in [0.1, 0.15) is 18.1 Å². The maximum absolute atomic E-state index is 13.6. The summed E-state index contributed by atoms with van der Waals surface area (Å²) < 4.78 is 101. The average molecular weight is 579 g/mol. The van der Waals surface area contributed by atoms with Crippen LogP contribution in [0.5, 0.6) is 11.5 Å². The summed E-state index contributed by atoms with van der Waals surface area (Å²) >= 11 is 1.14. The first kappa shape index (κ1) is 30.7. The normalized spacial score (nSPS) is 15.8. The Morgan fingerprint density at radius 3 is 2.39 bits per heavy atom. The summed E-state index contributed by atoms with van der Waals surface area (Å²) in [6, 6.07) is 1.55. The molecule has 2 rings (SSSR count). The summed E-state index contributed by atoms with van der Waals surface area (Å²) in [6.07, 6.45) is -15.5. The molecule has 2 atom stereocenters. The molecule has 0 fully saturated rings. The molecule has 1 heterocycles. The number of ether oxygens (including phenoxy) is 5. The van der Waals surface area contributed by atoms with Crippen LogP contribution < -0.4 is 9.47 Å². The van der Waals surface area contributed by atoms with Gasteiger partial charge in [0.2, 0.25) is 12.4 Å². The highest BCUT2D eigenvalue weighted by Gasteiger charge is 2.49. The van der Waals surface area contributed by atoms with Crippen LogP contribution in [-0.4, -0.2) is 66.9 Å². The fourth-order valence-corrected chi connectivity index (χ4v) is 3.53. The van der Waals surface area contributed by atoms with Gasteiger partial charge in [-0.2, -0.15) is 24.9 Å². The van der Waals surface area contributed by atoms with E-state index in [-0.39, 0.29) is 35.8 Å². The van der Waals surface area contributed by atoms with Crippen molar-refractivity contribution in [2.45, 2.75) is 38.8 Å². The second kappa shape index (κ2) is 12.8. The van der Waals surface area contributed by atoms with Crippen LogP contribution in [0.25, 0.3) is 6.08 Å². The minimum atomic E-state index is -5.12. The van der Waals surface area contributed by atoms with Crippen molar-refractivity contribution < 1.29 is 69.5 Å². The number of halogens is 6. The van der Waals surface area contributed by atoms with Gasteiger partial charge in [0.15, 0.2) is 0 Å². The summed E-state index contributed by atoms with van der Waals surface area (Å²) in [5.41, 5.74) is -1.56. The number of fused-ring (bicyclic) bond motifs is 1. The second-order valence-electron chi connectivity index (χ2n) is 7.20. The van der Waals surface area contributed by atoms with Crippen molar-refractivity contribution in [1.82, 2.24) is 0 Å².